The molecule has 0 spiro atoms. The standard InChI is InChI=1S/C13H10ClNO3/c1-8-12(13(16)17)15-11(18-8)6-5-9-3-2-4-10(14)7-9/h2-7H,1H3,(H,16,17). The third-order valence-corrected chi connectivity index (χ3v) is 2.52. The highest BCUT2D eigenvalue weighted by Crippen LogP contribution is 2.15. The lowest BCUT2D eigenvalue weighted by Gasteiger charge is -1.92. The molecule has 0 amide bonds. The minimum atomic E-state index is -1.10. The molecule has 0 unspecified atom stereocenters. The Balaban J connectivity index is 2.24. The lowest BCUT2D eigenvalue weighted by Crippen LogP contribution is -1.98. The van der Waals surface area contributed by atoms with E-state index in [4.69, 9.17) is 21.1 Å². The number of benzene rings is 1. The number of aromatic nitrogens is 1. The third kappa shape index (κ3) is 2.78. The molecule has 92 valence electrons. The van der Waals surface area contributed by atoms with Gasteiger partial charge in [0.25, 0.3) is 0 Å². The average molecular weight is 264 g/mol. The van der Waals surface area contributed by atoms with Gasteiger partial charge >= 0.3 is 5.97 Å². The summed E-state index contributed by atoms with van der Waals surface area (Å²) >= 11 is 5.85. The molecule has 0 radical (unpaired) electrons. The van der Waals surface area contributed by atoms with E-state index in [0.29, 0.717) is 5.02 Å². The van der Waals surface area contributed by atoms with Gasteiger partial charge in [-0.2, -0.15) is 0 Å². The second kappa shape index (κ2) is 5.06. The summed E-state index contributed by atoms with van der Waals surface area (Å²) < 4.78 is 5.22. The number of hydrogen-bond donors (Lipinski definition) is 1. The second-order valence-corrected chi connectivity index (χ2v) is 4.09. The lowest BCUT2D eigenvalue weighted by molar-refractivity contribution is 0.0689. The van der Waals surface area contributed by atoms with Gasteiger partial charge < -0.3 is 9.52 Å². The second-order valence-electron chi connectivity index (χ2n) is 3.65. The number of aromatic carboxylic acids is 1. The molecule has 5 heteroatoms. The highest BCUT2D eigenvalue weighted by molar-refractivity contribution is 6.30. The van der Waals surface area contributed by atoms with Gasteiger partial charge in [-0.1, -0.05) is 23.7 Å². The van der Waals surface area contributed by atoms with Gasteiger partial charge in [0.2, 0.25) is 5.89 Å². The van der Waals surface area contributed by atoms with Crippen LogP contribution in [0.3, 0.4) is 0 Å². The number of carbonyl (C=O) groups is 1. The Labute approximate surface area is 109 Å². The first-order valence-corrected chi connectivity index (χ1v) is 5.58. The molecule has 0 bridgehead atoms. The zero-order valence-electron chi connectivity index (χ0n) is 9.55. The minimum absolute atomic E-state index is 0.0688. The zero-order chi connectivity index (χ0) is 13.1. The molecule has 0 saturated carbocycles. The lowest BCUT2D eigenvalue weighted by atomic mass is 10.2. The summed E-state index contributed by atoms with van der Waals surface area (Å²) in [5, 5.41) is 9.47. The van der Waals surface area contributed by atoms with E-state index in [9.17, 15) is 4.79 Å². The highest BCUT2D eigenvalue weighted by Gasteiger charge is 2.14. The first kappa shape index (κ1) is 12.4. The minimum Gasteiger partial charge on any atom is -0.476 e. The summed E-state index contributed by atoms with van der Waals surface area (Å²) in [5.41, 5.74) is 0.816. The summed E-state index contributed by atoms with van der Waals surface area (Å²) in [7, 11) is 0. The van der Waals surface area contributed by atoms with E-state index >= 15 is 0 Å². The fourth-order valence-corrected chi connectivity index (χ4v) is 1.66. The van der Waals surface area contributed by atoms with Crippen molar-refractivity contribution in [1.82, 2.24) is 4.98 Å². The van der Waals surface area contributed by atoms with E-state index in [1.54, 1.807) is 31.2 Å². The van der Waals surface area contributed by atoms with Gasteiger partial charge in [-0.15, -0.1) is 0 Å². The molecule has 0 fully saturated rings. The van der Waals surface area contributed by atoms with E-state index in [0.717, 1.165) is 5.56 Å². The number of halogens is 1. The zero-order valence-corrected chi connectivity index (χ0v) is 10.3. The molecule has 0 aliphatic carbocycles. The quantitative estimate of drug-likeness (QED) is 0.920. The van der Waals surface area contributed by atoms with Crippen molar-refractivity contribution in [3.8, 4) is 0 Å². The summed E-state index contributed by atoms with van der Waals surface area (Å²) in [5.74, 6) is -0.559. The van der Waals surface area contributed by atoms with Gasteiger partial charge in [0.15, 0.2) is 5.69 Å². The third-order valence-electron chi connectivity index (χ3n) is 2.28. The molecule has 0 aliphatic heterocycles. The smallest absolute Gasteiger partial charge is 0.358 e. The monoisotopic (exact) mass is 263 g/mol. The van der Waals surface area contributed by atoms with Crippen LogP contribution < -0.4 is 0 Å². The molecule has 0 aliphatic rings. The number of carboxylic acid groups (broad SMARTS) is 1. The van der Waals surface area contributed by atoms with E-state index in [1.165, 1.54) is 0 Å². The van der Waals surface area contributed by atoms with E-state index < -0.39 is 5.97 Å². The van der Waals surface area contributed by atoms with Crippen molar-refractivity contribution in [2.45, 2.75) is 6.92 Å². The Bertz CT molecular complexity index is 616. The van der Waals surface area contributed by atoms with Crippen LogP contribution in [0.5, 0.6) is 0 Å². The fourth-order valence-electron chi connectivity index (χ4n) is 1.46. The number of hydrogen-bond acceptors (Lipinski definition) is 3. The number of aryl methyl sites for hydroxylation is 1. The van der Waals surface area contributed by atoms with Gasteiger partial charge in [-0.05, 0) is 30.7 Å². The van der Waals surface area contributed by atoms with Gasteiger partial charge in [-0.25, -0.2) is 9.78 Å². The van der Waals surface area contributed by atoms with Crippen LogP contribution in [0.4, 0.5) is 0 Å². The Morgan fingerprint density at radius 2 is 2.22 bits per heavy atom. The number of nitrogens with zero attached hydrogens (tertiary/aromatic N) is 1. The maximum absolute atomic E-state index is 10.8. The molecule has 2 rings (SSSR count). The van der Waals surface area contributed by atoms with Crippen molar-refractivity contribution in [2.75, 3.05) is 0 Å². The van der Waals surface area contributed by atoms with Crippen LogP contribution in [0.1, 0.15) is 27.7 Å². The normalized spacial score (nSPS) is 11.0. The van der Waals surface area contributed by atoms with Crippen LogP contribution in [0, 0.1) is 6.92 Å². The molecule has 2 aromatic rings. The van der Waals surface area contributed by atoms with Crippen molar-refractivity contribution >= 4 is 29.7 Å². The van der Waals surface area contributed by atoms with E-state index in [1.807, 2.05) is 12.1 Å². The molecule has 1 aromatic carbocycles. The Morgan fingerprint density at radius 1 is 1.44 bits per heavy atom. The van der Waals surface area contributed by atoms with Gasteiger partial charge in [-0.3, -0.25) is 0 Å². The van der Waals surface area contributed by atoms with Crippen LogP contribution in [0.15, 0.2) is 28.7 Å². The van der Waals surface area contributed by atoms with Crippen molar-refractivity contribution in [3.05, 3.63) is 52.2 Å². The average Bonchev–Trinajstić information content (AvgIpc) is 2.68. The summed E-state index contributed by atoms with van der Waals surface area (Å²) in [6.45, 7) is 1.56. The van der Waals surface area contributed by atoms with Crippen LogP contribution in [-0.4, -0.2) is 16.1 Å². The fraction of sp³-hybridized carbons (Fsp3) is 0.0769. The van der Waals surface area contributed by atoms with E-state index in [2.05, 4.69) is 4.98 Å². The highest BCUT2D eigenvalue weighted by atomic mass is 35.5. The maximum Gasteiger partial charge on any atom is 0.358 e. The molecule has 4 nitrogen and oxygen atoms in total. The Kier molecular flexibility index (Phi) is 3.48. The largest absolute Gasteiger partial charge is 0.476 e. The molecule has 0 saturated heterocycles. The molecule has 1 aromatic heterocycles. The first-order valence-electron chi connectivity index (χ1n) is 5.20. The predicted octanol–water partition coefficient (Wildman–Crippen LogP) is 3.51. The van der Waals surface area contributed by atoms with Crippen LogP contribution >= 0.6 is 11.6 Å². The predicted molar refractivity (Wildman–Crippen MR) is 68.6 cm³/mol. The van der Waals surface area contributed by atoms with Crippen LogP contribution in [0.25, 0.3) is 12.2 Å². The first-order chi connectivity index (χ1) is 8.56. The Hall–Kier alpha value is -2.07. The van der Waals surface area contributed by atoms with Gasteiger partial charge in [0.1, 0.15) is 5.76 Å². The molecule has 18 heavy (non-hydrogen) atoms. The summed E-state index contributed by atoms with van der Waals surface area (Å²) in [4.78, 5) is 14.7. The SMILES string of the molecule is Cc1oc(C=Cc2cccc(Cl)c2)nc1C(=O)O. The van der Waals surface area contributed by atoms with Gasteiger partial charge in [0.05, 0.1) is 0 Å². The van der Waals surface area contributed by atoms with Crippen molar-refractivity contribution in [2.24, 2.45) is 0 Å². The Morgan fingerprint density at radius 3 is 2.83 bits per heavy atom. The molecule has 1 heterocycles. The topological polar surface area (TPSA) is 63.3 Å². The van der Waals surface area contributed by atoms with Crippen LogP contribution in [0.2, 0.25) is 5.02 Å². The molecule has 1 N–H and O–H groups in total. The molecule has 0 atom stereocenters. The van der Waals surface area contributed by atoms with Gasteiger partial charge in [0, 0.05) is 11.1 Å². The number of carboxylic acids is 1. The van der Waals surface area contributed by atoms with Crippen LogP contribution in [-0.2, 0) is 0 Å². The number of rotatable bonds is 3. The van der Waals surface area contributed by atoms with Crippen molar-refractivity contribution in [1.29, 1.82) is 0 Å². The summed E-state index contributed by atoms with van der Waals surface area (Å²) in [6.07, 6.45) is 3.36. The molecular weight excluding hydrogens is 254 g/mol. The van der Waals surface area contributed by atoms with Crippen molar-refractivity contribution in [3.63, 3.8) is 0 Å². The maximum atomic E-state index is 10.8. The number of oxazole rings is 1. The van der Waals surface area contributed by atoms with Crippen molar-refractivity contribution < 1.29 is 14.3 Å². The summed E-state index contributed by atoms with van der Waals surface area (Å²) in [6, 6.07) is 7.25. The van der Waals surface area contributed by atoms with E-state index in [-0.39, 0.29) is 17.3 Å². The molecular formula is C13H10ClNO3.